The zero-order valence-corrected chi connectivity index (χ0v) is 13.0. The number of Topliss-reactive ketones (excluding diaryl/α,β-unsaturated/α-hetero) is 1. The maximum absolute atomic E-state index is 12.6. The van der Waals surface area contributed by atoms with E-state index < -0.39 is 0 Å². The van der Waals surface area contributed by atoms with Crippen molar-refractivity contribution < 1.29 is 4.79 Å². The van der Waals surface area contributed by atoms with Gasteiger partial charge in [-0.25, -0.2) is 0 Å². The van der Waals surface area contributed by atoms with Crippen LogP contribution in [0.25, 0.3) is 0 Å². The Balaban J connectivity index is 1.92. The number of nitrogens with one attached hydrogen (secondary N) is 1. The van der Waals surface area contributed by atoms with E-state index in [-0.39, 0.29) is 5.54 Å². The Bertz CT molecular complexity index is 306. The third-order valence-corrected chi connectivity index (χ3v) is 5.91. The average Bonchev–Trinajstić information content (AvgIpc) is 2.43. The van der Waals surface area contributed by atoms with Crippen LogP contribution in [-0.2, 0) is 4.79 Å². The number of hydrogen-bond acceptors (Lipinski definition) is 2. The molecule has 1 N–H and O–H groups in total. The van der Waals surface area contributed by atoms with E-state index >= 15 is 0 Å². The summed E-state index contributed by atoms with van der Waals surface area (Å²) in [7, 11) is 2.05. The zero-order chi connectivity index (χ0) is 13.9. The Kier molecular flexibility index (Phi) is 5.05. The first-order chi connectivity index (χ1) is 9.06. The molecule has 2 nitrogen and oxygen atoms in total. The van der Waals surface area contributed by atoms with Crippen LogP contribution in [0.5, 0.6) is 0 Å². The van der Waals surface area contributed by atoms with Crippen molar-refractivity contribution in [3.05, 3.63) is 0 Å². The largest absolute Gasteiger partial charge is 0.314 e. The van der Waals surface area contributed by atoms with E-state index in [0.29, 0.717) is 11.7 Å². The van der Waals surface area contributed by atoms with Crippen molar-refractivity contribution in [2.24, 2.45) is 17.8 Å². The molecule has 0 aromatic carbocycles. The summed E-state index contributed by atoms with van der Waals surface area (Å²) in [6.07, 6.45) is 10.6. The number of ketones is 1. The lowest BCUT2D eigenvalue weighted by Crippen LogP contribution is -2.47. The molecule has 2 saturated carbocycles. The second-order valence-corrected chi connectivity index (χ2v) is 7.20. The van der Waals surface area contributed by atoms with E-state index in [2.05, 4.69) is 19.2 Å². The zero-order valence-electron chi connectivity index (χ0n) is 13.0. The van der Waals surface area contributed by atoms with Crippen molar-refractivity contribution in [1.29, 1.82) is 0 Å². The molecule has 2 fully saturated rings. The first-order valence-corrected chi connectivity index (χ1v) is 8.28. The summed E-state index contributed by atoms with van der Waals surface area (Å²) in [5, 5.41) is 3.49. The molecule has 110 valence electrons. The smallest absolute Gasteiger partial charge is 0.137 e. The van der Waals surface area contributed by atoms with Crippen molar-refractivity contribution in [3.8, 4) is 0 Å². The summed E-state index contributed by atoms with van der Waals surface area (Å²) in [6.45, 7) is 4.65. The standard InChI is InChI=1S/C17H31NO/c1-13-7-8-15(11-14(13)2)16(19)12-17(18-3)9-5-4-6-10-17/h13-15,18H,4-12H2,1-3H3. The van der Waals surface area contributed by atoms with E-state index in [9.17, 15) is 4.79 Å². The molecule has 2 aliphatic carbocycles. The van der Waals surface area contributed by atoms with Gasteiger partial charge in [-0.3, -0.25) is 4.79 Å². The van der Waals surface area contributed by atoms with Crippen LogP contribution >= 0.6 is 0 Å². The van der Waals surface area contributed by atoms with Crippen molar-refractivity contribution in [2.75, 3.05) is 7.05 Å². The van der Waals surface area contributed by atoms with Gasteiger partial charge in [-0.1, -0.05) is 33.1 Å². The lowest BCUT2D eigenvalue weighted by atomic mass is 9.70. The number of hydrogen-bond donors (Lipinski definition) is 1. The SMILES string of the molecule is CNC1(CC(=O)C2CCC(C)C(C)C2)CCCCC1. The lowest BCUT2D eigenvalue weighted by molar-refractivity contribution is -0.126. The van der Waals surface area contributed by atoms with Gasteiger partial charge in [0.15, 0.2) is 0 Å². The van der Waals surface area contributed by atoms with Gasteiger partial charge in [0, 0.05) is 17.9 Å². The van der Waals surface area contributed by atoms with Crippen LogP contribution in [0.15, 0.2) is 0 Å². The van der Waals surface area contributed by atoms with E-state index in [1.807, 2.05) is 7.05 Å². The van der Waals surface area contributed by atoms with E-state index in [1.54, 1.807) is 0 Å². The highest BCUT2D eigenvalue weighted by Crippen LogP contribution is 2.37. The summed E-state index contributed by atoms with van der Waals surface area (Å²) in [5.74, 6) is 2.41. The maximum Gasteiger partial charge on any atom is 0.137 e. The molecule has 3 unspecified atom stereocenters. The molecular weight excluding hydrogens is 234 g/mol. The molecule has 0 aromatic heterocycles. The second-order valence-electron chi connectivity index (χ2n) is 7.20. The molecule has 0 amide bonds. The van der Waals surface area contributed by atoms with Crippen LogP contribution in [0.1, 0.15) is 71.6 Å². The maximum atomic E-state index is 12.6. The molecule has 2 aliphatic rings. The lowest BCUT2D eigenvalue weighted by Gasteiger charge is -2.39. The third-order valence-electron chi connectivity index (χ3n) is 5.91. The van der Waals surface area contributed by atoms with Crippen molar-refractivity contribution in [3.63, 3.8) is 0 Å². The van der Waals surface area contributed by atoms with Gasteiger partial charge in [0.1, 0.15) is 5.78 Å². The molecule has 2 rings (SSSR count). The molecule has 0 radical (unpaired) electrons. The first-order valence-electron chi connectivity index (χ1n) is 8.28. The summed E-state index contributed by atoms with van der Waals surface area (Å²) in [4.78, 5) is 12.6. The summed E-state index contributed by atoms with van der Waals surface area (Å²) in [5.41, 5.74) is 0.127. The molecule has 19 heavy (non-hydrogen) atoms. The topological polar surface area (TPSA) is 29.1 Å². The van der Waals surface area contributed by atoms with Crippen molar-refractivity contribution in [2.45, 2.75) is 77.2 Å². The van der Waals surface area contributed by atoms with Crippen LogP contribution < -0.4 is 5.32 Å². The summed E-state index contributed by atoms with van der Waals surface area (Å²) < 4.78 is 0. The van der Waals surface area contributed by atoms with E-state index in [1.165, 1.54) is 38.5 Å². The molecule has 0 saturated heterocycles. The minimum Gasteiger partial charge on any atom is -0.314 e. The second kappa shape index (κ2) is 6.39. The van der Waals surface area contributed by atoms with Crippen LogP contribution in [0.2, 0.25) is 0 Å². The van der Waals surface area contributed by atoms with Gasteiger partial charge in [-0.2, -0.15) is 0 Å². The fourth-order valence-electron chi connectivity index (χ4n) is 4.06. The molecule has 0 bridgehead atoms. The van der Waals surface area contributed by atoms with Gasteiger partial charge < -0.3 is 5.32 Å². The Hall–Kier alpha value is -0.370. The molecule has 3 atom stereocenters. The minimum atomic E-state index is 0.127. The molecule has 0 spiro atoms. The van der Waals surface area contributed by atoms with E-state index in [0.717, 1.165) is 31.1 Å². The normalized spacial score (nSPS) is 35.0. The van der Waals surface area contributed by atoms with Crippen LogP contribution in [0.3, 0.4) is 0 Å². The highest BCUT2D eigenvalue weighted by Gasteiger charge is 2.36. The van der Waals surface area contributed by atoms with Crippen LogP contribution in [-0.4, -0.2) is 18.4 Å². The molecule has 2 heteroatoms. The van der Waals surface area contributed by atoms with Gasteiger partial charge >= 0.3 is 0 Å². The fourth-order valence-corrected chi connectivity index (χ4v) is 4.06. The first kappa shape index (κ1) is 15.0. The highest BCUT2D eigenvalue weighted by molar-refractivity contribution is 5.82. The molecule has 0 aromatic rings. The highest BCUT2D eigenvalue weighted by atomic mass is 16.1. The quantitative estimate of drug-likeness (QED) is 0.834. The molecule has 0 heterocycles. The average molecular weight is 265 g/mol. The predicted octanol–water partition coefficient (Wildman–Crippen LogP) is 3.94. The molecular formula is C17H31NO. The number of carbonyl (C=O) groups is 1. The third kappa shape index (κ3) is 3.59. The summed E-state index contributed by atoms with van der Waals surface area (Å²) in [6, 6.07) is 0. The fraction of sp³-hybridized carbons (Fsp3) is 0.941. The van der Waals surface area contributed by atoms with Gasteiger partial charge in [0.05, 0.1) is 0 Å². The monoisotopic (exact) mass is 265 g/mol. The van der Waals surface area contributed by atoms with Gasteiger partial charge in [-0.15, -0.1) is 0 Å². The Morgan fingerprint density at radius 2 is 1.79 bits per heavy atom. The Morgan fingerprint density at radius 1 is 1.11 bits per heavy atom. The van der Waals surface area contributed by atoms with E-state index in [4.69, 9.17) is 0 Å². The van der Waals surface area contributed by atoms with Gasteiger partial charge in [0.25, 0.3) is 0 Å². The molecule has 0 aliphatic heterocycles. The van der Waals surface area contributed by atoms with Crippen LogP contribution in [0.4, 0.5) is 0 Å². The van der Waals surface area contributed by atoms with Crippen molar-refractivity contribution >= 4 is 5.78 Å². The minimum absolute atomic E-state index is 0.127. The van der Waals surface area contributed by atoms with Crippen LogP contribution in [0, 0.1) is 17.8 Å². The van der Waals surface area contributed by atoms with Gasteiger partial charge in [-0.05, 0) is 51.0 Å². The summed E-state index contributed by atoms with van der Waals surface area (Å²) >= 11 is 0. The van der Waals surface area contributed by atoms with Crippen molar-refractivity contribution in [1.82, 2.24) is 5.32 Å². The number of carbonyl (C=O) groups excluding carboxylic acids is 1. The number of rotatable bonds is 4. The van der Waals surface area contributed by atoms with Gasteiger partial charge in [0.2, 0.25) is 0 Å². The Labute approximate surface area is 118 Å². The Morgan fingerprint density at radius 3 is 2.37 bits per heavy atom. The predicted molar refractivity (Wildman–Crippen MR) is 80.2 cm³/mol.